The molecule has 0 saturated carbocycles. The number of rotatable bonds is 6. The largest absolute Gasteiger partial charge is 0.368 e. The van der Waals surface area contributed by atoms with Crippen LogP contribution in [0.15, 0.2) is 78.2 Å². The predicted molar refractivity (Wildman–Crippen MR) is 135 cm³/mol. The number of piperazine rings is 1. The molecular weight excluding hydrogens is 463 g/mol. The van der Waals surface area contributed by atoms with Gasteiger partial charge < -0.3 is 9.80 Å². The van der Waals surface area contributed by atoms with E-state index in [0.717, 1.165) is 22.5 Å². The molecule has 3 heterocycles. The molecule has 0 spiro atoms. The van der Waals surface area contributed by atoms with Gasteiger partial charge in [0, 0.05) is 55.5 Å². The number of carbonyl (C=O) groups is 1. The second-order valence-corrected chi connectivity index (χ2v) is 9.29. The minimum Gasteiger partial charge on any atom is -0.368 e. The second-order valence-electron chi connectivity index (χ2n) is 8.35. The Bertz CT molecular complexity index is 1290. The molecule has 1 aliphatic heterocycles. The Morgan fingerprint density at radius 3 is 2.34 bits per heavy atom. The number of anilines is 1. The second kappa shape index (κ2) is 10.3. The van der Waals surface area contributed by atoms with Crippen molar-refractivity contribution in [1.29, 1.82) is 0 Å². The average Bonchev–Trinajstić information content (AvgIpc) is 3.33. The van der Waals surface area contributed by atoms with Gasteiger partial charge in [-0.15, -0.1) is 10.2 Å². The number of halogens is 1. The van der Waals surface area contributed by atoms with Crippen molar-refractivity contribution in [3.8, 4) is 17.1 Å². The Balaban J connectivity index is 1.28. The summed E-state index contributed by atoms with van der Waals surface area (Å²) in [4.78, 5) is 21.3. The maximum atomic E-state index is 13.2. The van der Waals surface area contributed by atoms with Crippen molar-refractivity contribution in [3.05, 3.63) is 84.4 Å². The molecule has 0 atom stereocenters. The summed E-state index contributed by atoms with van der Waals surface area (Å²) in [5.41, 5.74) is 3.92. The van der Waals surface area contributed by atoms with E-state index >= 15 is 0 Å². The van der Waals surface area contributed by atoms with E-state index in [0.29, 0.717) is 37.2 Å². The molecule has 0 N–H and O–H groups in total. The fourth-order valence-corrected chi connectivity index (χ4v) is 4.91. The number of amides is 1. The molecule has 35 heavy (non-hydrogen) atoms. The smallest absolute Gasteiger partial charge is 0.233 e. The zero-order valence-electron chi connectivity index (χ0n) is 19.3. The third-order valence-corrected chi connectivity index (χ3v) is 6.91. The van der Waals surface area contributed by atoms with Gasteiger partial charge in [-0.1, -0.05) is 29.5 Å². The van der Waals surface area contributed by atoms with Crippen LogP contribution in [0.1, 0.15) is 5.56 Å². The Kier molecular flexibility index (Phi) is 6.76. The number of carbonyl (C=O) groups excluding carboxylic acids is 1. The Hall–Kier alpha value is -3.72. The topological polar surface area (TPSA) is 67.2 Å². The van der Waals surface area contributed by atoms with E-state index < -0.39 is 0 Å². The first-order chi connectivity index (χ1) is 17.1. The summed E-state index contributed by atoms with van der Waals surface area (Å²) in [5, 5.41) is 9.48. The first kappa shape index (κ1) is 23.0. The van der Waals surface area contributed by atoms with E-state index in [-0.39, 0.29) is 17.5 Å². The number of hydrogen-bond donors (Lipinski definition) is 0. The van der Waals surface area contributed by atoms with E-state index in [9.17, 15) is 9.18 Å². The molecule has 0 radical (unpaired) electrons. The monoisotopic (exact) mass is 488 g/mol. The van der Waals surface area contributed by atoms with Crippen LogP contribution >= 0.6 is 11.8 Å². The maximum Gasteiger partial charge on any atom is 0.233 e. The number of thioether (sulfide) groups is 1. The van der Waals surface area contributed by atoms with Gasteiger partial charge in [-0.25, -0.2) is 4.39 Å². The number of aromatic nitrogens is 4. The molecule has 2 aromatic heterocycles. The van der Waals surface area contributed by atoms with Gasteiger partial charge in [0.1, 0.15) is 5.82 Å². The van der Waals surface area contributed by atoms with Crippen molar-refractivity contribution in [3.63, 3.8) is 0 Å². The first-order valence-corrected chi connectivity index (χ1v) is 12.4. The van der Waals surface area contributed by atoms with Crippen molar-refractivity contribution in [2.24, 2.45) is 0 Å². The van der Waals surface area contributed by atoms with E-state index in [1.807, 2.05) is 52.8 Å². The summed E-state index contributed by atoms with van der Waals surface area (Å²) in [7, 11) is 0. The van der Waals surface area contributed by atoms with E-state index in [2.05, 4.69) is 20.1 Å². The van der Waals surface area contributed by atoms with Crippen LogP contribution in [0.3, 0.4) is 0 Å². The lowest BCUT2D eigenvalue weighted by molar-refractivity contribution is -0.128. The lowest BCUT2D eigenvalue weighted by Gasteiger charge is -2.36. The number of benzene rings is 2. The van der Waals surface area contributed by atoms with Gasteiger partial charge in [0.25, 0.3) is 0 Å². The number of aryl methyl sites for hydroxylation is 1. The van der Waals surface area contributed by atoms with Crippen molar-refractivity contribution < 1.29 is 9.18 Å². The van der Waals surface area contributed by atoms with E-state index in [1.54, 1.807) is 24.5 Å². The standard InChI is InChI=1S/C26H25FN6OS/c1-19-4-8-23(9-5-19)33-25(20-3-2-12-28-17-20)29-30-26(33)35-18-24(34)32-15-13-31(14-16-32)22-10-6-21(27)7-11-22/h2-12,17H,13-16,18H2,1H3. The summed E-state index contributed by atoms with van der Waals surface area (Å²) in [6.07, 6.45) is 3.48. The van der Waals surface area contributed by atoms with Crippen LogP contribution in [-0.4, -0.2) is 62.5 Å². The quantitative estimate of drug-likeness (QED) is 0.379. The van der Waals surface area contributed by atoms with Gasteiger partial charge in [0.2, 0.25) is 5.91 Å². The molecule has 1 saturated heterocycles. The normalized spacial score (nSPS) is 13.8. The van der Waals surface area contributed by atoms with Crippen molar-refractivity contribution in [1.82, 2.24) is 24.6 Å². The molecule has 7 nitrogen and oxygen atoms in total. The summed E-state index contributed by atoms with van der Waals surface area (Å²) in [6, 6.07) is 18.4. The van der Waals surface area contributed by atoms with Gasteiger partial charge in [-0.2, -0.15) is 0 Å². The minimum atomic E-state index is -0.246. The fraction of sp³-hybridized carbons (Fsp3) is 0.231. The number of hydrogen-bond acceptors (Lipinski definition) is 6. The average molecular weight is 489 g/mol. The molecule has 4 aromatic rings. The van der Waals surface area contributed by atoms with Gasteiger partial charge in [-0.05, 0) is 55.5 Å². The lowest BCUT2D eigenvalue weighted by atomic mass is 10.2. The fourth-order valence-electron chi connectivity index (χ4n) is 4.06. The summed E-state index contributed by atoms with van der Waals surface area (Å²) in [6.45, 7) is 4.73. The summed E-state index contributed by atoms with van der Waals surface area (Å²) in [5.74, 6) is 0.776. The Morgan fingerprint density at radius 1 is 0.943 bits per heavy atom. The number of pyridine rings is 1. The molecule has 9 heteroatoms. The van der Waals surface area contributed by atoms with Crippen LogP contribution in [-0.2, 0) is 4.79 Å². The highest BCUT2D eigenvalue weighted by atomic mass is 32.2. The SMILES string of the molecule is Cc1ccc(-n2c(SCC(=O)N3CCN(c4ccc(F)cc4)CC3)nnc2-c2cccnc2)cc1. The Labute approximate surface area is 207 Å². The molecule has 0 unspecified atom stereocenters. The summed E-state index contributed by atoms with van der Waals surface area (Å²) >= 11 is 1.38. The van der Waals surface area contributed by atoms with Crippen LogP contribution in [0.25, 0.3) is 17.1 Å². The lowest BCUT2D eigenvalue weighted by Crippen LogP contribution is -2.49. The van der Waals surface area contributed by atoms with Crippen molar-refractivity contribution >= 4 is 23.4 Å². The van der Waals surface area contributed by atoms with Crippen molar-refractivity contribution in [2.75, 3.05) is 36.8 Å². The predicted octanol–water partition coefficient (Wildman–Crippen LogP) is 4.22. The molecule has 5 rings (SSSR count). The molecule has 2 aromatic carbocycles. The summed E-state index contributed by atoms with van der Waals surface area (Å²) < 4.78 is 15.2. The van der Waals surface area contributed by atoms with Gasteiger partial charge >= 0.3 is 0 Å². The molecule has 1 aliphatic rings. The first-order valence-electron chi connectivity index (χ1n) is 11.4. The minimum absolute atomic E-state index is 0.0649. The molecule has 178 valence electrons. The maximum absolute atomic E-state index is 13.2. The molecular formula is C26H25FN6OS. The van der Waals surface area contributed by atoms with E-state index in [4.69, 9.17) is 0 Å². The van der Waals surface area contributed by atoms with Crippen LogP contribution in [0.5, 0.6) is 0 Å². The van der Waals surface area contributed by atoms with Crippen LogP contribution in [0, 0.1) is 12.7 Å². The molecule has 0 bridgehead atoms. The third-order valence-electron chi connectivity index (χ3n) is 5.99. The highest BCUT2D eigenvalue weighted by Gasteiger charge is 2.23. The number of nitrogens with zero attached hydrogens (tertiary/aromatic N) is 6. The zero-order valence-corrected chi connectivity index (χ0v) is 20.2. The van der Waals surface area contributed by atoms with Gasteiger partial charge in [0.15, 0.2) is 11.0 Å². The highest BCUT2D eigenvalue weighted by molar-refractivity contribution is 7.99. The Morgan fingerprint density at radius 2 is 1.66 bits per heavy atom. The zero-order chi connectivity index (χ0) is 24.2. The van der Waals surface area contributed by atoms with Crippen LogP contribution < -0.4 is 4.90 Å². The van der Waals surface area contributed by atoms with Crippen LogP contribution in [0.2, 0.25) is 0 Å². The highest BCUT2D eigenvalue weighted by Crippen LogP contribution is 2.28. The van der Waals surface area contributed by atoms with Gasteiger partial charge in [0.05, 0.1) is 5.75 Å². The molecule has 1 amide bonds. The van der Waals surface area contributed by atoms with Crippen LogP contribution in [0.4, 0.5) is 10.1 Å². The molecule has 0 aliphatic carbocycles. The van der Waals surface area contributed by atoms with E-state index in [1.165, 1.54) is 23.9 Å². The molecule has 1 fully saturated rings. The van der Waals surface area contributed by atoms with Gasteiger partial charge in [-0.3, -0.25) is 14.3 Å². The van der Waals surface area contributed by atoms with Crippen molar-refractivity contribution in [2.45, 2.75) is 12.1 Å². The third kappa shape index (κ3) is 5.19.